The molecule has 0 aromatic heterocycles. The van der Waals surface area contributed by atoms with Crippen molar-refractivity contribution in [2.24, 2.45) is 11.7 Å². The normalized spacial score (nSPS) is 32.9. The largest absolute Gasteiger partial charge is 0.468 e. The van der Waals surface area contributed by atoms with E-state index in [1.54, 1.807) is 0 Å². The van der Waals surface area contributed by atoms with Crippen LogP contribution in [0.25, 0.3) is 0 Å². The maximum absolute atomic E-state index is 11.9. The van der Waals surface area contributed by atoms with Gasteiger partial charge < -0.3 is 15.2 Å². The summed E-state index contributed by atoms with van der Waals surface area (Å²) < 4.78 is 10.6. The van der Waals surface area contributed by atoms with Gasteiger partial charge in [0.05, 0.1) is 19.3 Å². The number of nitrogens with zero attached hydrogens (tertiary/aromatic N) is 1. The lowest BCUT2D eigenvalue weighted by Gasteiger charge is -2.39. The Balaban J connectivity index is 2.02. The molecule has 2 fully saturated rings. The number of hydrogen-bond acceptors (Lipinski definition) is 5. The molecule has 2 aliphatic rings. The number of ether oxygens (including phenoxy) is 2. The summed E-state index contributed by atoms with van der Waals surface area (Å²) in [6.45, 7) is 6.33. The average molecular weight is 256 g/mol. The number of hydrogen-bond donors (Lipinski definition) is 1. The van der Waals surface area contributed by atoms with Crippen molar-refractivity contribution in [1.29, 1.82) is 0 Å². The molecular formula is C13H24N2O3. The molecule has 18 heavy (non-hydrogen) atoms. The standard InChI is InChI=1S/C13H24N2O3/c1-9-6-15(7-10(2)18-9)8-13(14,11-4-5-11)12(16)17-3/h9-11H,4-8,14H2,1-3H3/t9-,10+,13?. The minimum absolute atomic E-state index is 0.190. The van der Waals surface area contributed by atoms with Gasteiger partial charge in [-0.1, -0.05) is 0 Å². The van der Waals surface area contributed by atoms with Crippen LogP contribution in [-0.2, 0) is 14.3 Å². The van der Waals surface area contributed by atoms with E-state index in [1.165, 1.54) is 7.11 Å². The first-order valence-corrected chi connectivity index (χ1v) is 6.71. The minimum atomic E-state index is -0.842. The second-order valence-electron chi connectivity index (χ2n) is 5.76. The number of morpholine rings is 1. The van der Waals surface area contributed by atoms with Crippen molar-refractivity contribution in [2.45, 2.75) is 44.4 Å². The van der Waals surface area contributed by atoms with Gasteiger partial charge in [-0.25, -0.2) is 0 Å². The van der Waals surface area contributed by atoms with Crippen molar-refractivity contribution >= 4 is 5.97 Å². The van der Waals surface area contributed by atoms with Crippen LogP contribution in [-0.4, -0.2) is 55.4 Å². The number of methoxy groups -OCH3 is 1. The number of carbonyl (C=O) groups excluding carboxylic acids is 1. The molecule has 5 heteroatoms. The number of rotatable bonds is 4. The van der Waals surface area contributed by atoms with E-state index in [-0.39, 0.29) is 24.1 Å². The summed E-state index contributed by atoms with van der Waals surface area (Å²) in [5, 5.41) is 0. The summed E-state index contributed by atoms with van der Waals surface area (Å²) in [6.07, 6.45) is 2.44. The van der Waals surface area contributed by atoms with E-state index in [0.717, 1.165) is 25.9 Å². The van der Waals surface area contributed by atoms with E-state index in [4.69, 9.17) is 15.2 Å². The lowest BCUT2D eigenvalue weighted by Crippen LogP contribution is -2.61. The van der Waals surface area contributed by atoms with Gasteiger partial charge in [0.15, 0.2) is 0 Å². The summed E-state index contributed by atoms with van der Waals surface area (Å²) in [7, 11) is 1.41. The fraction of sp³-hybridized carbons (Fsp3) is 0.923. The van der Waals surface area contributed by atoms with Gasteiger partial charge in [0.1, 0.15) is 5.54 Å². The summed E-state index contributed by atoms with van der Waals surface area (Å²) in [4.78, 5) is 14.2. The van der Waals surface area contributed by atoms with Crippen LogP contribution in [0.5, 0.6) is 0 Å². The van der Waals surface area contributed by atoms with Gasteiger partial charge in [0.2, 0.25) is 0 Å². The molecule has 1 aliphatic carbocycles. The van der Waals surface area contributed by atoms with Crippen molar-refractivity contribution < 1.29 is 14.3 Å². The highest BCUT2D eigenvalue weighted by atomic mass is 16.5. The van der Waals surface area contributed by atoms with Crippen molar-refractivity contribution in [3.8, 4) is 0 Å². The molecule has 1 unspecified atom stereocenters. The Kier molecular flexibility index (Phi) is 3.94. The van der Waals surface area contributed by atoms with Gasteiger partial charge in [-0.05, 0) is 32.6 Å². The van der Waals surface area contributed by atoms with E-state index in [9.17, 15) is 4.79 Å². The van der Waals surface area contributed by atoms with Gasteiger partial charge >= 0.3 is 5.97 Å². The molecule has 1 heterocycles. The second kappa shape index (κ2) is 5.15. The van der Waals surface area contributed by atoms with Crippen LogP contribution in [0, 0.1) is 5.92 Å². The van der Waals surface area contributed by atoms with Gasteiger partial charge in [-0.3, -0.25) is 9.69 Å². The average Bonchev–Trinajstić information content (AvgIpc) is 3.10. The molecule has 0 spiro atoms. The van der Waals surface area contributed by atoms with Gasteiger partial charge in [0, 0.05) is 19.6 Å². The zero-order valence-electron chi connectivity index (χ0n) is 11.5. The predicted molar refractivity (Wildman–Crippen MR) is 68.1 cm³/mol. The zero-order valence-corrected chi connectivity index (χ0v) is 11.5. The molecule has 0 aromatic rings. The third-order valence-corrected chi connectivity index (χ3v) is 3.85. The van der Waals surface area contributed by atoms with Gasteiger partial charge in [-0.2, -0.15) is 0 Å². The highest BCUT2D eigenvalue weighted by Gasteiger charge is 2.50. The van der Waals surface area contributed by atoms with Crippen LogP contribution in [0.4, 0.5) is 0 Å². The van der Waals surface area contributed by atoms with Crippen molar-refractivity contribution in [1.82, 2.24) is 4.90 Å². The molecule has 2 rings (SSSR count). The Bertz CT molecular complexity index is 309. The van der Waals surface area contributed by atoms with Crippen LogP contribution < -0.4 is 5.73 Å². The molecule has 2 N–H and O–H groups in total. The third kappa shape index (κ3) is 2.84. The number of carbonyl (C=O) groups is 1. The summed E-state index contributed by atoms with van der Waals surface area (Å²) >= 11 is 0. The highest BCUT2D eigenvalue weighted by molar-refractivity contribution is 5.81. The lowest BCUT2D eigenvalue weighted by molar-refractivity contribution is -0.150. The predicted octanol–water partition coefficient (Wildman–Crippen LogP) is 0.376. The first kappa shape index (κ1) is 13.8. The smallest absolute Gasteiger partial charge is 0.327 e. The van der Waals surface area contributed by atoms with Crippen molar-refractivity contribution in [3.63, 3.8) is 0 Å². The topological polar surface area (TPSA) is 64.8 Å². The monoisotopic (exact) mass is 256 g/mol. The molecule has 0 bridgehead atoms. The Morgan fingerprint density at radius 2 is 1.94 bits per heavy atom. The summed E-state index contributed by atoms with van der Waals surface area (Å²) in [6, 6.07) is 0. The molecule has 5 nitrogen and oxygen atoms in total. The van der Waals surface area contributed by atoms with Gasteiger partial charge in [-0.15, -0.1) is 0 Å². The fourth-order valence-electron chi connectivity index (χ4n) is 2.93. The maximum atomic E-state index is 11.9. The fourth-order valence-corrected chi connectivity index (χ4v) is 2.93. The van der Waals surface area contributed by atoms with E-state index >= 15 is 0 Å². The molecule has 1 saturated heterocycles. The number of nitrogens with two attached hydrogens (primary N) is 1. The lowest BCUT2D eigenvalue weighted by atomic mass is 9.93. The molecular weight excluding hydrogens is 232 g/mol. The number of esters is 1. The Morgan fingerprint density at radius 1 is 1.39 bits per heavy atom. The van der Waals surface area contributed by atoms with Crippen LogP contribution in [0.1, 0.15) is 26.7 Å². The van der Waals surface area contributed by atoms with Crippen LogP contribution in [0.15, 0.2) is 0 Å². The molecule has 0 aromatic carbocycles. The van der Waals surface area contributed by atoms with Crippen LogP contribution in [0.2, 0.25) is 0 Å². The molecule has 3 atom stereocenters. The Hall–Kier alpha value is -0.650. The zero-order chi connectivity index (χ0) is 13.3. The second-order valence-corrected chi connectivity index (χ2v) is 5.76. The van der Waals surface area contributed by atoms with E-state index in [2.05, 4.69) is 18.7 Å². The van der Waals surface area contributed by atoms with E-state index in [0.29, 0.717) is 6.54 Å². The first-order valence-electron chi connectivity index (χ1n) is 6.71. The Labute approximate surface area is 109 Å². The molecule has 0 amide bonds. The van der Waals surface area contributed by atoms with Crippen molar-refractivity contribution in [3.05, 3.63) is 0 Å². The van der Waals surface area contributed by atoms with Crippen LogP contribution in [0.3, 0.4) is 0 Å². The molecule has 104 valence electrons. The minimum Gasteiger partial charge on any atom is -0.468 e. The third-order valence-electron chi connectivity index (χ3n) is 3.85. The SMILES string of the molecule is COC(=O)C(N)(CN1C[C@@H](C)O[C@@H](C)C1)C1CC1. The molecule has 1 aliphatic heterocycles. The maximum Gasteiger partial charge on any atom is 0.327 e. The quantitative estimate of drug-likeness (QED) is 0.737. The molecule has 1 saturated carbocycles. The Morgan fingerprint density at radius 3 is 2.39 bits per heavy atom. The summed E-state index contributed by atoms with van der Waals surface area (Å²) in [5.41, 5.74) is 5.48. The van der Waals surface area contributed by atoms with Gasteiger partial charge in [0.25, 0.3) is 0 Å². The van der Waals surface area contributed by atoms with Crippen LogP contribution >= 0.6 is 0 Å². The van der Waals surface area contributed by atoms with E-state index in [1.807, 2.05) is 0 Å². The van der Waals surface area contributed by atoms with Crippen molar-refractivity contribution in [2.75, 3.05) is 26.7 Å². The highest BCUT2D eigenvalue weighted by Crippen LogP contribution is 2.39. The van der Waals surface area contributed by atoms with E-state index < -0.39 is 5.54 Å². The summed E-state index contributed by atoms with van der Waals surface area (Å²) in [5.74, 6) is -0.00444. The first-order chi connectivity index (χ1) is 8.45. The molecule has 0 radical (unpaired) electrons.